The molecule has 1 amide bonds. The molecular weight excluding hydrogens is 306 g/mol. The van der Waals surface area contributed by atoms with Crippen molar-refractivity contribution in [3.8, 4) is 0 Å². The maximum absolute atomic E-state index is 12.8. The normalized spacial score (nSPS) is 24.4. The van der Waals surface area contributed by atoms with Crippen LogP contribution in [0.2, 0.25) is 0 Å². The molecule has 1 aromatic rings. The Morgan fingerprint density at radius 1 is 1.22 bits per heavy atom. The molecule has 0 unspecified atom stereocenters. The summed E-state index contributed by atoms with van der Waals surface area (Å²) in [5, 5.41) is 0.864. The van der Waals surface area contributed by atoms with Gasteiger partial charge in [0.2, 0.25) is 5.91 Å². The van der Waals surface area contributed by atoms with E-state index in [0.29, 0.717) is 6.04 Å². The van der Waals surface area contributed by atoms with E-state index in [-0.39, 0.29) is 11.2 Å². The number of thioether (sulfide) groups is 1. The molecule has 5 heteroatoms. The first-order valence-corrected chi connectivity index (χ1v) is 9.72. The topological polar surface area (TPSA) is 36.4 Å². The molecule has 2 saturated heterocycles. The predicted molar refractivity (Wildman–Crippen MR) is 94.6 cm³/mol. The molecule has 0 bridgehead atoms. The van der Waals surface area contributed by atoms with Crippen molar-refractivity contribution in [1.29, 1.82) is 0 Å². The second kappa shape index (κ2) is 8.15. The number of carbonyl (C=O) groups is 1. The molecule has 0 aliphatic carbocycles. The largest absolute Gasteiger partial charge is 0.340 e. The molecule has 0 aromatic carbocycles. The molecule has 23 heavy (non-hydrogen) atoms. The van der Waals surface area contributed by atoms with Crippen LogP contribution in [0.25, 0.3) is 0 Å². The highest BCUT2D eigenvalue weighted by Crippen LogP contribution is 2.25. The highest BCUT2D eigenvalue weighted by molar-refractivity contribution is 8.00. The second-order valence-corrected chi connectivity index (χ2v) is 7.97. The summed E-state index contributed by atoms with van der Waals surface area (Å²) in [6, 6.07) is 6.42. The van der Waals surface area contributed by atoms with Gasteiger partial charge in [0.25, 0.3) is 0 Å². The van der Waals surface area contributed by atoms with Crippen molar-refractivity contribution in [2.24, 2.45) is 0 Å². The van der Waals surface area contributed by atoms with Crippen LogP contribution in [0.15, 0.2) is 29.4 Å². The maximum Gasteiger partial charge on any atom is 0.235 e. The summed E-state index contributed by atoms with van der Waals surface area (Å²) < 4.78 is 0. The van der Waals surface area contributed by atoms with E-state index in [4.69, 9.17) is 0 Å². The fraction of sp³-hybridized carbons (Fsp3) is 0.667. The number of hydrogen-bond acceptors (Lipinski definition) is 4. The fourth-order valence-electron chi connectivity index (χ4n) is 3.64. The predicted octanol–water partition coefficient (Wildman–Crippen LogP) is 3.04. The van der Waals surface area contributed by atoms with Crippen LogP contribution in [0.4, 0.5) is 0 Å². The molecule has 0 radical (unpaired) electrons. The van der Waals surface area contributed by atoms with Gasteiger partial charge >= 0.3 is 0 Å². The second-order valence-electron chi connectivity index (χ2n) is 6.60. The van der Waals surface area contributed by atoms with E-state index in [2.05, 4.69) is 14.8 Å². The van der Waals surface area contributed by atoms with Crippen molar-refractivity contribution in [2.75, 3.05) is 26.2 Å². The number of likely N-dealkylation sites (tertiary alicyclic amines) is 2. The molecule has 2 aliphatic heterocycles. The molecule has 3 heterocycles. The smallest absolute Gasteiger partial charge is 0.235 e. The number of carbonyl (C=O) groups excluding carboxylic acids is 1. The van der Waals surface area contributed by atoms with Gasteiger partial charge in [-0.1, -0.05) is 24.2 Å². The molecule has 2 fully saturated rings. The van der Waals surface area contributed by atoms with E-state index in [1.165, 1.54) is 38.8 Å². The van der Waals surface area contributed by atoms with Crippen molar-refractivity contribution < 1.29 is 4.79 Å². The van der Waals surface area contributed by atoms with Crippen molar-refractivity contribution in [3.63, 3.8) is 0 Å². The number of piperidine rings is 2. The fourth-order valence-corrected chi connectivity index (χ4v) is 4.53. The third-order valence-electron chi connectivity index (χ3n) is 4.90. The van der Waals surface area contributed by atoms with E-state index < -0.39 is 0 Å². The van der Waals surface area contributed by atoms with Crippen LogP contribution in [0.5, 0.6) is 0 Å². The first kappa shape index (κ1) is 16.8. The van der Waals surface area contributed by atoms with Crippen LogP contribution in [-0.4, -0.2) is 58.2 Å². The van der Waals surface area contributed by atoms with Crippen LogP contribution in [0.1, 0.15) is 39.0 Å². The van der Waals surface area contributed by atoms with Gasteiger partial charge in [0, 0.05) is 25.3 Å². The molecule has 0 spiro atoms. The molecule has 4 nitrogen and oxygen atoms in total. The van der Waals surface area contributed by atoms with Gasteiger partial charge in [0.1, 0.15) is 0 Å². The molecule has 0 N–H and O–H groups in total. The Morgan fingerprint density at radius 3 is 2.78 bits per heavy atom. The lowest BCUT2D eigenvalue weighted by Gasteiger charge is -2.41. The number of aromatic nitrogens is 1. The van der Waals surface area contributed by atoms with Crippen LogP contribution in [0.3, 0.4) is 0 Å². The lowest BCUT2D eigenvalue weighted by molar-refractivity contribution is -0.132. The first-order chi connectivity index (χ1) is 11.2. The molecule has 126 valence electrons. The minimum atomic E-state index is -0.0648. The lowest BCUT2D eigenvalue weighted by atomic mass is 10.0. The number of pyridine rings is 1. The highest BCUT2D eigenvalue weighted by Gasteiger charge is 2.30. The van der Waals surface area contributed by atoms with Crippen molar-refractivity contribution in [1.82, 2.24) is 14.8 Å². The lowest BCUT2D eigenvalue weighted by Crippen LogP contribution is -2.52. The number of rotatable bonds is 4. The Morgan fingerprint density at radius 2 is 2.04 bits per heavy atom. The maximum atomic E-state index is 12.8. The molecule has 3 rings (SSSR count). The minimum absolute atomic E-state index is 0.0648. The average Bonchev–Trinajstić information content (AvgIpc) is 2.63. The van der Waals surface area contributed by atoms with Crippen LogP contribution in [-0.2, 0) is 4.79 Å². The van der Waals surface area contributed by atoms with E-state index >= 15 is 0 Å². The monoisotopic (exact) mass is 333 g/mol. The van der Waals surface area contributed by atoms with Gasteiger partial charge in [-0.05, 0) is 57.8 Å². The van der Waals surface area contributed by atoms with Crippen molar-refractivity contribution in [2.45, 2.75) is 55.3 Å². The minimum Gasteiger partial charge on any atom is -0.340 e. The van der Waals surface area contributed by atoms with Gasteiger partial charge in [-0.2, -0.15) is 0 Å². The Kier molecular flexibility index (Phi) is 5.95. The summed E-state index contributed by atoms with van der Waals surface area (Å²) in [4.78, 5) is 21.8. The van der Waals surface area contributed by atoms with Gasteiger partial charge in [0.05, 0.1) is 10.3 Å². The van der Waals surface area contributed by atoms with Gasteiger partial charge in [-0.25, -0.2) is 4.98 Å². The van der Waals surface area contributed by atoms with Crippen molar-refractivity contribution in [3.05, 3.63) is 24.4 Å². The van der Waals surface area contributed by atoms with E-state index in [9.17, 15) is 4.79 Å². The SMILES string of the molecule is C[C@H](Sc1ccccn1)C(=O)N1CCC[C@@H](N2CCCCC2)C1. The van der Waals surface area contributed by atoms with E-state index in [0.717, 1.165) is 24.5 Å². The molecule has 0 saturated carbocycles. The molecule has 2 atom stereocenters. The van der Waals surface area contributed by atoms with Crippen LogP contribution >= 0.6 is 11.8 Å². The molecule has 2 aliphatic rings. The summed E-state index contributed by atoms with van der Waals surface area (Å²) in [6.07, 6.45) is 8.16. The molecule has 1 aromatic heterocycles. The third-order valence-corrected chi connectivity index (χ3v) is 5.94. The summed E-state index contributed by atoms with van der Waals surface area (Å²) in [5.41, 5.74) is 0. The molecular formula is C18H27N3OS. The standard InChI is InChI=1S/C18H27N3OS/c1-15(23-17-9-3-4-10-19-17)18(22)21-13-7-8-16(14-21)20-11-5-2-6-12-20/h3-4,9-10,15-16H,2,5-8,11-14H2,1H3/t15-,16+/m0/s1. The first-order valence-electron chi connectivity index (χ1n) is 8.84. The average molecular weight is 334 g/mol. The summed E-state index contributed by atoms with van der Waals surface area (Å²) in [5.74, 6) is 0.266. The van der Waals surface area contributed by atoms with Gasteiger partial charge < -0.3 is 4.90 Å². The Balaban J connectivity index is 1.55. The van der Waals surface area contributed by atoms with E-state index in [1.807, 2.05) is 25.1 Å². The Labute approximate surface area is 143 Å². The number of amides is 1. The highest BCUT2D eigenvalue weighted by atomic mass is 32.2. The number of hydrogen-bond donors (Lipinski definition) is 0. The number of nitrogens with zero attached hydrogens (tertiary/aromatic N) is 3. The van der Waals surface area contributed by atoms with Crippen LogP contribution < -0.4 is 0 Å². The zero-order valence-corrected chi connectivity index (χ0v) is 14.8. The summed E-state index contributed by atoms with van der Waals surface area (Å²) in [7, 11) is 0. The zero-order chi connectivity index (χ0) is 16.1. The third kappa shape index (κ3) is 4.48. The Bertz CT molecular complexity index is 504. The summed E-state index contributed by atoms with van der Waals surface area (Å²) >= 11 is 1.57. The Hall–Kier alpha value is -1.07. The van der Waals surface area contributed by atoms with Gasteiger partial charge in [-0.15, -0.1) is 0 Å². The summed E-state index contributed by atoms with van der Waals surface area (Å²) in [6.45, 7) is 6.25. The van der Waals surface area contributed by atoms with Crippen molar-refractivity contribution >= 4 is 17.7 Å². The van der Waals surface area contributed by atoms with Crippen LogP contribution in [0, 0.1) is 0 Å². The quantitative estimate of drug-likeness (QED) is 0.794. The van der Waals surface area contributed by atoms with Gasteiger partial charge in [-0.3, -0.25) is 9.69 Å². The zero-order valence-electron chi connectivity index (χ0n) is 14.0. The van der Waals surface area contributed by atoms with Gasteiger partial charge in [0.15, 0.2) is 0 Å². The van der Waals surface area contributed by atoms with E-state index in [1.54, 1.807) is 18.0 Å².